The Morgan fingerprint density at radius 2 is 1.71 bits per heavy atom. The Hall–Kier alpha value is -1.11. The van der Waals surface area contributed by atoms with Crippen molar-refractivity contribution in [1.82, 2.24) is 4.72 Å². The molecule has 21 heavy (non-hydrogen) atoms. The van der Waals surface area contributed by atoms with Gasteiger partial charge in [-0.25, -0.2) is 13.1 Å². The molecule has 5 nitrogen and oxygen atoms in total. The van der Waals surface area contributed by atoms with E-state index in [2.05, 4.69) is 18.6 Å². The van der Waals surface area contributed by atoms with Gasteiger partial charge in [-0.2, -0.15) is 0 Å². The average molecular weight is 315 g/mol. The van der Waals surface area contributed by atoms with Crippen LogP contribution in [0.1, 0.15) is 26.7 Å². The summed E-state index contributed by atoms with van der Waals surface area (Å²) >= 11 is 0. The topological polar surface area (TPSA) is 64.6 Å². The van der Waals surface area contributed by atoms with Crippen LogP contribution in [0.2, 0.25) is 0 Å². The molecule has 0 bridgehead atoms. The molecule has 1 aromatic carbocycles. The number of ether oxygens (including phenoxy) is 2. The maximum Gasteiger partial charge on any atom is 0.240 e. The number of rotatable bonds is 10. The van der Waals surface area contributed by atoms with Gasteiger partial charge in [0.2, 0.25) is 10.0 Å². The van der Waals surface area contributed by atoms with E-state index < -0.39 is 10.0 Å². The van der Waals surface area contributed by atoms with Crippen molar-refractivity contribution in [2.45, 2.75) is 31.6 Å². The molecule has 0 unspecified atom stereocenters. The highest BCUT2D eigenvalue weighted by Crippen LogP contribution is 2.16. The lowest BCUT2D eigenvalue weighted by molar-refractivity contribution is 0.146. The van der Waals surface area contributed by atoms with Crippen LogP contribution in [0.4, 0.5) is 0 Å². The summed E-state index contributed by atoms with van der Waals surface area (Å²) in [4.78, 5) is 0.257. The van der Waals surface area contributed by atoms with Crippen LogP contribution in [0.25, 0.3) is 0 Å². The van der Waals surface area contributed by atoms with E-state index in [-0.39, 0.29) is 4.90 Å². The third kappa shape index (κ3) is 6.03. The molecule has 1 aromatic rings. The quantitative estimate of drug-likeness (QED) is 0.674. The summed E-state index contributed by atoms with van der Waals surface area (Å²) < 4.78 is 37.3. The summed E-state index contributed by atoms with van der Waals surface area (Å²) in [5.41, 5.74) is 0. The monoisotopic (exact) mass is 315 g/mol. The van der Waals surface area contributed by atoms with Crippen LogP contribution in [0.5, 0.6) is 5.75 Å². The standard InChI is InChI=1S/C15H25NO4S/c1-4-13(5-2)12-16-21(17,18)15-8-6-14(7-9-15)20-11-10-19-3/h6-9,13,16H,4-5,10-12H2,1-3H3. The van der Waals surface area contributed by atoms with E-state index in [1.54, 1.807) is 31.4 Å². The minimum atomic E-state index is -3.45. The van der Waals surface area contributed by atoms with Gasteiger partial charge in [0.25, 0.3) is 0 Å². The fourth-order valence-electron chi connectivity index (χ4n) is 1.85. The Morgan fingerprint density at radius 1 is 1.10 bits per heavy atom. The molecule has 0 atom stereocenters. The Morgan fingerprint density at radius 3 is 2.24 bits per heavy atom. The first-order valence-corrected chi connectivity index (χ1v) is 8.73. The first kappa shape index (κ1) is 17.9. The zero-order valence-corrected chi connectivity index (χ0v) is 13.8. The lowest BCUT2D eigenvalue weighted by atomic mass is 10.0. The Bertz CT molecular complexity index is 495. The van der Waals surface area contributed by atoms with Crippen LogP contribution < -0.4 is 9.46 Å². The van der Waals surface area contributed by atoms with E-state index in [4.69, 9.17) is 9.47 Å². The molecule has 6 heteroatoms. The van der Waals surface area contributed by atoms with E-state index >= 15 is 0 Å². The van der Waals surface area contributed by atoms with Gasteiger partial charge >= 0.3 is 0 Å². The molecule has 1 rings (SSSR count). The van der Waals surface area contributed by atoms with Crippen molar-refractivity contribution < 1.29 is 17.9 Å². The van der Waals surface area contributed by atoms with Crippen LogP contribution in [0.3, 0.4) is 0 Å². The molecule has 0 fully saturated rings. The van der Waals surface area contributed by atoms with Crippen molar-refractivity contribution in [2.75, 3.05) is 26.9 Å². The highest BCUT2D eigenvalue weighted by molar-refractivity contribution is 7.89. The number of sulfonamides is 1. The first-order valence-electron chi connectivity index (χ1n) is 7.25. The van der Waals surface area contributed by atoms with Gasteiger partial charge < -0.3 is 9.47 Å². The Labute approximate surface area is 127 Å². The van der Waals surface area contributed by atoms with E-state index in [1.807, 2.05) is 0 Å². The van der Waals surface area contributed by atoms with Crippen LogP contribution in [-0.4, -0.2) is 35.3 Å². The molecule has 0 aliphatic rings. The minimum absolute atomic E-state index is 0.257. The zero-order valence-electron chi connectivity index (χ0n) is 13.0. The van der Waals surface area contributed by atoms with Gasteiger partial charge in [0.15, 0.2) is 0 Å². The summed E-state index contributed by atoms with van der Waals surface area (Å²) in [5, 5.41) is 0. The third-order valence-electron chi connectivity index (χ3n) is 3.41. The van der Waals surface area contributed by atoms with Gasteiger partial charge in [0, 0.05) is 13.7 Å². The molecule has 0 spiro atoms. The van der Waals surface area contributed by atoms with E-state index in [0.29, 0.717) is 31.4 Å². The first-order chi connectivity index (χ1) is 10.0. The van der Waals surface area contributed by atoms with E-state index in [9.17, 15) is 8.42 Å². The van der Waals surface area contributed by atoms with Crippen LogP contribution >= 0.6 is 0 Å². The second kappa shape index (κ2) is 9.02. The van der Waals surface area contributed by atoms with Crippen LogP contribution in [0.15, 0.2) is 29.2 Å². The Kier molecular flexibility index (Phi) is 7.71. The predicted molar refractivity (Wildman–Crippen MR) is 83.1 cm³/mol. The normalized spacial score (nSPS) is 11.8. The van der Waals surface area contributed by atoms with Gasteiger partial charge in [0.05, 0.1) is 11.5 Å². The second-order valence-corrected chi connectivity index (χ2v) is 6.61. The predicted octanol–water partition coefficient (Wildman–Crippen LogP) is 2.43. The number of nitrogens with one attached hydrogen (secondary N) is 1. The van der Waals surface area contributed by atoms with Crippen LogP contribution in [0, 0.1) is 5.92 Å². The van der Waals surface area contributed by atoms with Gasteiger partial charge in [-0.15, -0.1) is 0 Å². The van der Waals surface area contributed by atoms with E-state index in [0.717, 1.165) is 12.8 Å². The van der Waals surface area contributed by atoms with Crippen molar-refractivity contribution >= 4 is 10.0 Å². The molecule has 0 amide bonds. The van der Waals surface area contributed by atoms with Gasteiger partial charge in [0.1, 0.15) is 12.4 Å². The SMILES string of the molecule is CCC(CC)CNS(=O)(=O)c1ccc(OCCOC)cc1. The van der Waals surface area contributed by atoms with Gasteiger partial charge in [-0.3, -0.25) is 0 Å². The fourth-order valence-corrected chi connectivity index (χ4v) is 2.96. The highest BCUT2D eigenvalue weighted by atomic mass is 32.2. The summed E-state index contributed by atoms with van der Waals surface area (Å²) in [5.74, 6) is 1.00. The van der Waals surface area contributed by atoms with Crippen molar-refractivity contribution in [3.63, 3.8) is 0 Å². The van der Waals surface area contributed by atoms with Crippen molar-refractivity contribution in [2.24, 2.45) is 5.92 Å². The van der Waals surface area contributed by atoms with Crippen LogP contribution in [-0.2, 0) is 14.8 Å². The van der Waals surface area contributed by atoms with Crippen molar-refractivity contribution in [3.05, 3.63) is 24.3 Å². The summed E-state index contributed by atoms with van der Waals surface area (Å²) in [6, 6.07) is 6.41. The molecule has 0 radical (unpaired) electrons. The lowest BCUT2D eigenvalue weighted by Gasteiger charge is -2.14. The van der Waals surface area contributed by atoms with Crippen molar-refractivity contribution in [1.29, 1.82) is 0 Å². The summed E-state index contributed by atoms with van der Waals surface area (Å²) in [6.45, 7) is 5.54. The number of hydrogen-bond donors (Lipinski definition) is 1. The number of benzene rings is 1. The largest absolute Gasteiger partial charge is 0.491 e. The third-order valence-corrected chi connectivity index (χ3v) is 4.85. The van der Waals surface area contributed by atoms with Crippen molar-refractivity contribution in [3.8, 4) is 5.75 Å². The molecule has 0 aliphatic carbocycles. The van der Waals surface area contributed by atoms with E-state index in [1.165, 1.54) is 0 Å². The molecule has 1 N–H and O–H groups in total. The smallest absolute Gasteiger partial charge is 0.240 e. The number of hydrogen-bond acceptors (Lipinski definition) is 4. The maximum atomic E-state index is 12.2. The highest BCUT2D eigenvalue weighted by Gasteiger charge is 2.15. The van der Waals surface area contributed by atoms with Gasteiger partial charge in [-0.1, -0.05) is 26.7 Å². The lowest BCUT2D eigenvalue weighted by Crippen LogP contribution is -2.29. The molecule has 0 heterocycles. The summed E-state index contributed by atoms with van der Waals surface area (Å²) in [6.07, 6.45) is 1.93. The molecule has 0 aliphatic heterocycles. The van der Waals surface area contributed by atoms with Gasteiger partial charge in [-0.05, 0) is 30.2 Å². The second-order valence-electron chi connectivity index (χ2n) is 4.85. The molecule has 120 valence electrons. The molecule has 0 aromatic heterocycles. The molecule has 0 saturated carbocycles. The number of methoxy groups -OCH3 is 1. The molecular weight excluding hydrogens is 290 g/mol. The Balaban J connectivity index is 2.62. The maximum absolute atomic E-state index is 12.2. The average Bonchev–Trinajstić information content (AvgIpc) is 2.49. The minimum Gasteiger partial charge on any atom is -0.491 e. The fraction of sp³-hybridized carbons (Fsp3) is 0.600. The summed E-state index contributed by atoms with van der Waals surface area (Å²) in [7, 11) is -1.85. The molecule has 0 saturated heterocycles. The zero-order chi connectivity index (χ0) is 15.7. The molecular formula is C15H25NO4S.